The highest BCUT2D eigenvalue weighted by Gasteiger charge is 2.40. The van der Waals surface area contributed by atoms with Crippen molar-refractivity contribution in [3.05, 3.63) is 77.1 Å². The number of aromatic nitrogens is 1. The molecule has 0 bridgehead atoms. The van der Waals surface area contributed by atoms with Gasteiger partial charge in [0, 0.05) is 49.8 Å². The Labute approximate surface area is 198 Å². The minimum absolute atomic E-state index is 0.240. The highest BCUT2D eigenvalue weighted by Crippen LogP contribution is 2.37. The first-order chi connectivity index (χ1) is 15.9. The third kappa shape index (κ3) is 4.87. The van der Waals surface area contributed by atoms with E-state index in [1.807, 2.05) is 96.1 Å². The zero-order valence-corrected chi connectivity index (χ0v) is 21.3. The van der Waals surface area contributed by atoms with Crippen LogP contribution in [0.3, 0.4) is 0 Å². The fraction of sp³-hybridized carbons (Fsp3) is 0.357. The zero-order chi connectivity index (χ0) is 24.7. The predicted octanol–water partition coefficient (Wildman–Crippen LogP) is 5.42. The van der Waals surface area contributed by atoms with Crippen molar-refractivity contribution in [3.8, 4) is 0 Å². The van der Waals surface area contributed by atoms with Crippen LogP contribution < -0.4 is 0 Å². The van der Waals surface area contributed by atoms with E-state index in [1.54, 1.807) is 7.05 Å². The Morgan fingerprint density at radius 2 is 1.39 bits per heavy atom. The van der Waals surface area contributed by atoms with Crippen molar-refractivity contribution in [2.24, 2.45) is 7.05 Å². The summed E-state index contributed by atoms with van der Waals surface area (Å²) in [5.41, 5.74) is 5.07. The summed E-state index contributed by atoms with van der Waals surface area (Å²) in [6.07, 6.45) is 0.799. The maximum absolute atomic E-state index is 13.1. The van der Waals surface area contributed by atoms with Gasteiger partial charge in [0.25, 0.3) is 11.8 Å². The van der Waals surface area contributed by atoms with E-state index in [0.717, 1.165) is 28.6 Å². The Balaban J connectivity index is 0.000000914. The number of benzene rings is 2. The third-order valence-corrected chi connectivity index (χ3v) is 5.87. The number of amides is 2. The molecular weight excluding hydrogens is 410 g/mol. The van der Waals surface area contributed by atoms with Gasteiger partial charge < -0.3 is 9.47 Å². The van der Waals surface area contributed by atoms with Gasteiger partial charge in [0.2, 0.25) is 0 Å². The van der Waals surface area contributed by atoms with Crippen molar-refractivity contribution in [1.82, 2.24) is 14.4 Å². The molecule has 0 N–H and O–H groups in total. The normalized spacial score (nSPS) is 13.0. The molecule has 5 nitrogen and oxygen atoms in total. The van der Waals surface area contributed by atoms with Crippen LogP contribution in [0.5, 0.6) is 0 Å². The zero-order valence-electron chi connectivity index (χ0n) is 21.3. The number of carbonyl (C=O) groups is 2. The molecule has 2 amide bonds. The molecule has 2 heterocycles. The summed E-state index contributed by atoms with van der Waals surface area (Å²) in [5, 5.41) is 0.993. The molecule has 176 valence electrons. The minimum Gasteiger partial charge on any atom is -0.369 e. The average molecular weight is 448 g/mol. The van der Waals surface area contributed by atoms with Gasteiger partial charge in [-0.25, -0.2) is 0 Å². The van der Waals surface area contributed by atoms with Gasteiger partial charge in [0.1, 0.15) is 5.70 Å². The number of imide groups is 1. The number of likely N-dealkylation sites (N-methyl/N-ethyl adjacent to an activating group) is 2. The molecule has 33 heavy (non-hydrogen) atoms. The molecule has 0 saturated carbocycles. The highest BCUT2D eigenvalue weighted by atomic mass is 16.2. The van der Waals surface area contributed by atoms with Gasteiger partial charge >= 0.3 is 0 Å². The number of aryl methyl sites for hydroxylation is 1. The van der Waals surface area contributed by atoms with Gasteiger partial charge in [0.05, 0.1) is 5.57 Å². The lowest BCUT2D eigenvalue weighted by Gasteiger charge is -2.21. The number of hydrogen-bond acceptors (Lipinski definition) is 3. The Kier molecular flexibility index (Phi) is 9.03. The molecule has 2 aromatic carbocycles. The standard InChI is InChI=1S/C24H25N3O2.2C2H6/c1-16-20(18-12-8-9-13-19(18)26(16)3)21-22(24(29)27(4)23(21)28)25(2)15-14-17-10-6-5-7-11-17;2*1-2/h5-13H,14-15H2,1-4H3;2*1-2H3. The van der Waals surface area contributed by atoms with Crippen molar-refractivity contribution in [1.29, 1.82) is 0 Å². The third-order valence-electron chi connectivity index (χ3n) is 5.87. The van der Waals surface area contributed by atoms with Crippen LogP contribution in [0, 0.1) is 6.92 Å². The van der Waals surface area contributed by atoms with E-state index in [0.29, 0.717) is 17.8 Å². The molecule has 0 spiro atoms. The summed E-state index contributed by atoms with van der Waals surface area (Å²) in [6, 6.07) is 18.2. The fourth-order valence-electron chi connectivity index (χ4n) is 4.10. The Morgan fingerprint density at radius 3 is 2.03 bits per heavy atom. The van der Waals surface area contributed by atoms with Gasteiger partial charge in [-0.15, -0.1) is 0 Å². The molecule has 4 rings (SSSR count). The van der Waals surface area contributed by atoms with Crippen LogP contribution in [0.4, 0.5) is 0 Å². The van der Waals surface area contributed by atoms with Crippen LogP contribution >= 0.6 is 0 Å². The lowest BCUT2D eigenvalue weighted by molar-refractivity contribution is -0.135. The number of fused-ring (bicyclic) bond motifs is 1. The molecule has 5 heteroatoms. The van der Waals surface area contributed by atoms with Crippen LogP contribution in [0.15, 0.2) is 60.3 Å². The SMILES string of the molecule is CC.CC.Cc1c(C2=C(N(C)CCc3ccccc3)C(=O)N(C)C2=O)c2ccccc2n1C. The molecule has 1 aliphatic rings. The summed E-state index contributed by atoms with van der Waals surface area (Å²) >= 11 is 0. The minimum atomic E-state index is -0.243. The molecule has 0 fully saturated rings. The Hall–Kier alpha value is -3.34. The van der Waals surface area contributed by atoms with E-state index in [4.69, 9.17) is 0 Å². The van der Waals surface area contributed by atoms with Crippen LogP contribution in [0.1, 0.15) is 44.5 Å². The smallest absolute Gasteiger partial charge is 0.277 e. The molecule has 1 aromatic heterocycles. The monoisotopic (exact) mass is 447 g/mol. The molecule has 0 radical (unpaired) electrons. The molecule has 0 aliphatic carbocycles. The first-order valence-corrected chi connectivity index (χ1v) is 11.8. The van der Waals surface area contributed by atoms with E-state index in [-0.39, 0.29) is 11.8 Å². The number of hydrogen-bond donors (Lipinski definition) is 0. The van der Waals surface area contributed by atoms with Crippen LogP contribution in [0.25, 0.3) is 16.5 Å². The number of rotatable bonds is 5. The second-order valence-electron chi connectivity index (χ2n) is 7.59. The molecule has 3 aromatic rings. The lowest BCUT2D eigenvalue weighted by Crippen LogP contribution is -2.31. The van der Waals surface area contributed by atoms with E-state index >= 15 is 0 Å². The van der Waals surface area contributed by atoms with Crippen LogP contribution in [-0.2, 0) is 23.1 Å². The van der Waals surface area contributed by atoms with Crippen molar-refractivity contribution < 1.29 is 9.59 Å². The summed E-state index contributed by atoms with van der Waals surface area (Å²) in [4.78, 5) is 29.3. The maximum Gasteiger partial charge on any atom is 0.277 e. The van der Waals surface area contributed by atoms with E-state index in [9.17, 15) is 9.59 Å². The van der Waals surface area contributed by atoms with Gasteiger partial charge in [-0.05, 0) is 25.0 Å². The second-order valence-corrected chi connectivity index (χ2v) is 7.59. The molecule has 0 atom stereocenters. The maximum atomic E-state index is 13.1. The van der Waals surface area contributed by atoms with Crippen molar-refractivity contribution in [2.75, 3.05) is 20.6 Å². The molecule has 1 aliphatic heterocycles. The van der Waals surface area contributed by atoms with Crippen molar-refractivity contribution >= 4 is 28.3 Å². The summed E-state index contributed by atoms with van der Waals surface area (Å²) in [7, 11) is 5.44. The molecule has 0 saturated heterocycles. The first kappa shape index (κ1) is 25.9. The van der Waals surface area contributed by atoms with Crippen LogP contribution in [-0.4, -0.2) is 46.8 Å². The quantitative estimate of drug-likeness (QED) is 0.491. The topological polar surface area (TPSA) is 45.6 Å². The number of para-hydroxylation sites is 1. The van der Waals surface area contributed by atoms with Crippen molar-refractivity contribution in [3.63, 3.8) is 0 Å². The average Bonchev–Trinajstić information content (AvgIpc) is 3.25. The Bertz CT molecular complexity index is 1140. The first-order valence-electron chi connectivity index (χ1n) is 11.8. The summed E-state index contributed by atoms with van der Waals surface area (Å²) in [6.45, 7) is 10.7. The van der Waals surface area contributed by atoms with Gasteiger partial charge in [-0.2, -0.15) is 0 Å². The number of carbonyl (C=O) groups excluding carboxylic acids is 2. The molecular formula is C28H37N3O2. The van der Waals surface area contributed by atoms with Crippen molar-refractivity contribution in [2.45, 2.75) is 41.0 Å². The van der Waals surface area contributed by atoms with E-state index in [1.165, 1.54) is 10.5 Å². The van der Waals surface area contributed by atoms with Gasteiger partial charge in [-0.1, -0.05) is 76.2 Å². The second kappa shape index (κ2) is 11.5. The van der Waals surface area contributed by atoms with E-state index < -0.39 is 0 Å². The lowest BCUT2D eigenvalue weighted by atomic mass is 10.0. The molecule has 0 unspecified atom stereocenters. The van der Waals surface area contributed by atoms with Gasteiger partial charge in [-0.3, -0.25) is 14.5 Å². The largest absolute Gasteiger partial charge is 0.369 e. The number of nitrogens with zero attached hydrogens (tertiary/aromatic N) is 3. The predicted molar refractivity (Wildman–Crippen MR) is 138 cm³/mol. The fourth-order valence-corrected chi connectivity index (χ4v) is 4.10. The van der Waals surface area contributed by atoms with Crippen LogP contribution in [0.2, 0.25) is 0 Å². The Morgan fingerprint density at radius 1 is 0.818 bits per heavy atom. The van der Waals surface area contributed by atoms with Gasteiger partial charge in [0.15, 0.2) is 0 Å². The van der Waals surface area contributed by atoms with E-state index in [2.05, 4.69) is 16.7 Å². The summed E-state index contributed by atoms with van der Waals surface area (Å²) in [5.74, 6) is -0.482. The summed E-state index contributed by atoms with van der Waals surface area (Å²) < 4.78 is 2.08. The highest BCUT2D eigenvalue weighted by molar-refractivity contribution is 6.37.